The van der Waals surface area contributed by atoms with Gasteiger partial charge in [-0.2, -0.15) is 0 Å². The van der Waals surface area contributed by atoms with Gasteiger partial charge in [0.2, 0.25) is 0 Å². The lowest BCUT2D eigenvalue weighted by Gasteiger charge is -2.33. The Labute approximate surface area is 96.4 Å². The largest absolute Gasteiger partial charge is 0.398 e. The lowest BCUT2D eigenvalue weighted by Crippen LogP contribution is -2.42. The molecule has 1 aliphatic heterocycles. The van der Waals surface area contributed by atoms with Crippen molar-refractivity contribution in [2.75, 3.05) is 30.3 Å². The van der Waals surface area contributed by atoms with E-state index in [4.69, 9.17) is 10.5 Å². The molecule has 0 aromatic carbocycles. The minimum Gasteiger partial charge on any atom is -0.398 e. The van der Waals surface area contributed by atoms with Gasteiger partial charge >= 0.3 is 0 Å². The minimum atomic E-state index is 0.318. The van der Waals surface area contributed by atoms with E-state index < -0.39 is 0 Å². The first-order valence-electron chi connectivity index (χ1n) is 5.79. The second-order valence-electron chi connectivity index (χ2n) is 4.25. The molecule has 1 unspecified atom stereocenters. The molecule has 2 N–H and O–H groups in total. The molecule has 1 aromatic heterocycles. The van der Waals surface area contributed by atoms with Crippen molar-refractivity contribution in [1.29, 1.82) is 0 Å². The van der Waals surface area contributed by atoms with Gasteiger partial charge in [0.05, 0.1) is 12.7 Å². The molecule has 1 saturated heterocycles. The number of nitrogens with zero attached hydrogens (tertiary/aromatic N) is 2. The van der Waals surface area contributed by atoms with Gasteiger partial charge in [0.25, 0.3) is 0 Å². The SMILES string of the molecule is CCC1CN(c2cc(N)c(C)cn2)CCO1. The average Bonchev–Trinajstić information content (AvgIpc) is 2.33. The van der Waals surface area contributed by atoms with E-state index in [-0.39, 0.29) is 0 Å². The molecule has 0 aliphatic carbocycles. The number of aromatic nitrogens is 1. The number of nitrogen functional groups attached to an aromatic ring is 1. The number of morpholine rings is 1. The molecule has 0 saturated carbocycles. The molecule has 2 rings (SSSR count). The summed E-state index contributed by atoms with van der Waals surface area (Å²) in [5, 5.41) is 0. The monoisotopic (exact) mass is 221 g/mol. The van der Waals surface area contributed by atoms with Crippen molar-refractivity contribution in [1.82, 2.24) is 4.98 Å². The van der Waals surface area contributed by atoms with Crippen molar-refractivity contribution in [3.63, 3.8) is 0 Å². The Kier molecular flexibility index (Phi) is 3.29. The van der Waals surface area contributed by atoms with Gasteiger partial charge in [0.1, 0.15) is 5.82 Å². The highest BCUT2D eigenvalue weighted by Gasteiger charge is 2.20. The third kappa shape index (κ3) is 2.27. The molecule has 0 spiro atoms. The number of pyridine rings is 1. The average molecular weight is 221 g/mol. The zero-order valence-corrected chi connectivity index (χ0v) is 9.94. The van der Waals surface area contributed by atoms with Crippen LogP contribution in [0, 0.1) is 6.92 Å². The van der Waals surface area contributed by atoms with E-state index in [0.29, 0.717) is 6.10 Å². The van der Waals surface area contributed by atoms with Gasteiger partial charge in [0, 0.05) is 31.0 Å². The molecule has 0 radical (unpaired) electrons. The highest BCUT2D eigenvalue weighted by Crippen LogP contribution is 2.20. The molecule has 0 bridgehead atoms. The lowest BCUT2D eigenvalue weighted by molar-refractivity contribution is 0.0382. The molecule has 1 aliphatic rings. The number of hydrogen-bond acceptors (Lipinski definition) is 4. The van der Waals surface area contributed by atoms with E-state index in [9.17, 15) is 0 Å². The van der Waals surface area contributed by atoms with Gasteiger partial charge in [-0.25, -0.2) is 4.98 Å². The van der Waals surface area contributed by atoms with Crippen LogP contribution < -0.4 is 10.6 Å². The van der Waals surface area contributed by atoms with Gasteiger partial charge in [0.15, 0.2) is 0 Å². The highest BCUT2D eigenvalue weighted by atomic mass is 16.5. The number of ether oxygens (including phenoxy) is 1. The predicted octanol–water partition coefficient (Wildman–Crippen LogP) is 1.59. The third-order valence-corrected chi connectivity index (χ3v) is 3.05. The van der Waals surface area contributed by atoms with Crippen molar-refractivity contribution < 1.29 is 4.74 Å². The molecule has 4 nitrogen and oxygen atoms in total. The molecule has 2 heterocycles. The van der Waals surface area contributed by atoms with Crippen molar-refractivity contribution in [2.45, 2.75) is 26.4 Å². The Hall–Kier alpha value is -1.29. The zero-order valence-electron chi connectivity index (χ0n) is 9.94. The summed E-state index contributed by atoms with van der Waals surface area (Å²) in [4.78, 5) is 6.67. The van der Waals surface area contributed by atoms with Crippen molar-refractivity contribution >= 4 is 11.5 Å². The predicted molar refractivity (Wildman–Crippen MR) is 65.6 cm³/mol. The van der Waals surface area contributed by atoms with Crippen LogP contribution in [0.5, 0.6) is 0 Å². The van der Waals surface area contributed by atoms with Crippen LogP contribution in [0.2, 0.25) is 0 Å². The summed E-state index contributed by atoms with van der Waals surface area (Å²) < 4.78 is 5.63. The van der Waals surface area contributed by atoms with Crippen LogP contribution >= 0.6 is 0 Å². The standard InChI is InChI=1S/C12H19N3O/c1-3-10-8-15(4-5-16-10)12-6-11(13)9(2)7-14-12/h6-7,10H,3-5,8H2,1-2H3,(H2,13,14). The van der Waals surface area contributed by atoms with Gasteiger partial charge in [-0.15, -0.1) is 0 Å². The van der Waals surface area contributed by atoms with Gasteiger partial charge < -0.3 is 15.4 Å². The summed E-state index contributed by atoms with van der Waals surface area (Å²) in [5.41, 5.74) is 7.74. The van der Waals surface area contributed by atoms with Crippen LogP contribution in [0.3, 0.4) is 0 Å². The molecule has 1 atom stereocenters. The van der Waals surface area contributed by atoms with Gasteiger partial charge in [-0.05, 0) is 18.9 Å². The van der Waals surface area contributed by atoms with Crippen LogP contribution in [0.1, 0.15) is 18.9 Å². The van der Waals surface area contributed by atoms with E-state index in [0.717, 1.165) is 43.2 Å². The highest BCUT2D eigenvalue weighted by molar-refractivity contribution is 5.54. The molecule has 0 amide bonds. The summed E-state index contributed by atoms with van der Waals surface area (Å²) >= 11 is 0. The topological polar surface area (TPSA) is 51.4 Å². The summed E-state index contributed by atoms with van der Waals surface area (Å²) in [6.45, 7) is 6.69. The molecule has 1 aromatic rings. The fraction of sp³-hybridized carbons (Fsp3) is 0.583. The second kappa shape index (κ2) is 4.70. The lowest BCUT2D eigenvalue weighted by atomic mass is 10.2. The Morgan fingerprint density at radius 1 is 1.62 bits per heavy atom. The number of anilines is 2. The molecule has 88 valence electrons. The second-order valence-corrected chi connectivity index (χ2v) is 4.25. The first-order valence-corrected chi connectivity index (χ1v) is 5.79. The summed E-state index contributed by atoms with van der Waals surface area (Å²) in [7, 11) is 0. The molecular weight excluding hydrogens is 202 g/mol. The zero-order chi connectivity index (χ0) is 11.5. The van der Waals surface area contributed by atoms with Crippen molar-refractivity contribution in [3.8, 4) is 0 Å². The molecule has 16 heavy (non-hydrogen) atoms. The van der Waals surface area contributed by atoms with Crippen LogP contribution in [-0.2, 0) is 4.74 Å². The van der Waals surface area contributed by atoms with E-state index >= 15 is 0 Å². The van der Waals surface area contributed by atoms with E-state index in [2.05, 4.69) is 16.8 Å². The Morgan fingerprint density at radius 2 is 2.44 bits per heavy atom. The Bertz CT molecular complexity index is 367. The minimum absolute atomic E-state index is 0.318. The van der Waals surface area contributed by atoms with Crippen molar-refractivity contribution in [3.05, 3.63) is 17.8 Å². The van der Waals surface area contributed by atoms with Crippen LogP contribution in [0.4, 0.5) is 11.5 Å². The number of rotatable bonds is 2. The smallest absolute Gasteiger partial charge is 0.130 e. The first-order chi connectivity index (χ1) is 7.70. The Morgan fingerprint density at radius 3 is 3.12 bits per heavy atom. The normalized spacial score (nSPS) is 21.1. The Balaban J connectivity index is 2.13. The number of aryl methyl sites for hydroxylation is 1. The van der Waals surface area contributed by atoms with Crippen LogP contribution in [0.15, 0.2) is 12.3 Å². The van der Waals surface area contributed by atoms with Crippen LogP contribution in [0.25, 0.3) is 0 Å². The maximum atomic E-state index is 5.90. The molecule has 1 fully saturated rings. The van der Waals surface area contributed by atoms with E-state index in [1.807, 2.05) is 19.2 Å². The molecule has 4 heteroatoms. The summed E-state index contributed by atoms with van der Waals surface area (Å²) in [6.07, 6.45) is 3.19. The van der Waals surface area contributed by atoms with Gasteiger partial charge in [-0.3, -0.25) is 0 Å². The summed E-state index contributed by atoms with van der Waals surface area (Å²) in [5.74, 6) is 0.963. The fourth-order valence-electron chi connectivity index (χ4n) is 1.88. The maximum Gasteiger partial charge on any atom is 0.130 e. The third-order valence-electron chi connectivity index (χ3n) is 3.05. The quantitative estimate of drug-likeness (QED) is 0.824. The van der Waals surface area contributed by atoms with E-state index in [1.165, 1.54) is 0 Å². The van der Waals surface area contributed by atoms with Crippen molar-refractivity contribution in [2.24, 2.45) is 0 Å². The first kappa shape index (κ1) is 11.2. The maximum absolute atomic E-state index is 5.90. The van der Waals surface area contributed by atoms with E-state index in [1.54, 1.807) is 0 Å². The number of nitrogens with two attached hydrogens (primary N) is 1. The summed E-state index contributed by atoms with van der Waals surface area (Å²) in [6, 6.07) is 1.95. The van der Waals surface area contributed by atoms with Crippen LogP contribution in [-0.4, -0.2) is 30.8 Å². The molecular formula is C12H19N3O. The number of hydrogen-bond donors (Lipinski definition) is 1. The van der Waals surface area contributed by atoms with Gasteiger partial charge in [-0.1, -0.05) is 6.92 Å². The fourth-order valence-corrected chi connectivity index (χ4v) is 1.88.